The van der Waals surface area contributed by atoms with Gasteiger partial charge in [0.15, 0.2) is 0 Å². The van der Waals surface area contributed by atoms with Crippen molar-refractivity contribution in [1.82, 2.24) is 0 Å². The zero-order chi connectivity index (χ0) is 11.3. The average molecular weight is 204 g/mol. The van der Waals surface area contributed by atoms with Crippen molar-refractivity contribution in [1.29, 1.82) is 0 Å². The van der Waals surface area contributed by atoms with Gasteiger partial charge < -0.3 is 4.74 Å². The summed E-state index contributed by atoms with van der Waals surface area (Å²) in [5.41, 5.74) is 2.99. The van der Waals surface area contributed by atoms with Gasteiger partial charge >= 0.3 is 5.97 Å². The van der Waals surface area contributed by atoms with Crippen LogP contribution in [0.3, 0.4) is 0 Å². The van der Waals surface area contributed by atoms with Crippen molar-refractivity contribution >= 4 is 5.97 Å². The summed E-state index contributed by atoms with van der Waals surface area (Å²) < 4.78 is 5.02. The molecule has 0 unspecified atom stereocenters. The molecule has 0 amide bonds. The maximum atomic E-state index is 11.4. The summed E-state index contributed by atoms with van der Waals surface area (Å²) in [6, 6.07) is 7.81. The molecule has 0 atom stereocenters. The standard InChI is InChI=1S/C13H16O2/c1-10(2)9-15-13(14)8-12-7-5-4-6-11(12)3/h4-7H,1,8-9H2,2-3H3. The Morgan fingerprint density at radius 3 is 2.67 bits per heavy atom. The second kappa shape index (κ2) is 5.35. The number of carbonyl (C=O) groups is 1. The van der Waals surface area contributed by atoms with Gasteiger partial charge in [0.25, 0.3) is 0 Å². The van der Waals surface area contributed by atoms with Crippen molar-refractivity contribution in [2.75, 3.05) is 6.61 Å². The first kappa shape index (κ1) is 11.5. The molecule has 0 N–H and O–H groups in total. The van der Waals surface area contributed by atoms with E-state index in [2.05, 4.69) is 6.58 Å². The van der Waals surface area contributed by atoms with E-state index in [1.807, 2.05) is 38.1 Å². The highest BCUT2D eigenvalue weighted by atomic mass is 16.5. The SMILES string of the molecule is C=C(C)COC(=O)Cc1ccccc1C. The first-order valence-corrected chi connectivity index (χ1v) is 4.94. The average Bonchev–Trinajstić information content (AvgIpc) is 2.18. The van der Waals surface area contributed by atoms with Gasteiger partial charge in [0.05, 0.1) is 6.42 Å². The molecule has 0 aliphatic heterocycles. The van der Waals surface area contributed by atoms with Gasteiger partial charge in [-0.15, -0.1) is 0 Å². The van der Waals surface area contributed by atoms with E-state index in [4.69, 9.17) is 4.74 Å². The molecular formula is C13H16O2. The maximum absolute atomic E-state index is 11.4. The second-order valence-electron chi connectivity index (χ2n) is 3.72. The van der Waals surface area contributed by atoms with Crippen LogP contribution in [0.4, 0.5) is 0 Å². The highest BCUT2D eigenvalue weighted by Gasteiger charge is 2.06. The lowest BCUT2D eigenvalue weighted by Gasteiger charge is -2.06. The summed E-state index contributed by atoms with van der Waals surface area (Å²) in [5.74, 6) is -0.202. The van der Waals surface area contributed by atoms with Crippen LogP contribution < -0.4 is 0 Å². The smallest absolute Gasteiger partial charge is 0.310 e. The Labute approximate surface area is 90.6 Å². The van der Waals surface area contributed by atoms with Crippen LogP contribution in [-0.2, 0) is 16.0 Å². The van der Waals surface area contributed by atoms with Crippen LogP contribution in [0.2, 0.25) is 0 Å². The molecule has 15 heavy (non-hydrogen) atoms. The first-order chi connectivity index (χ1) is 7.09. The number of rotatable bonds is 4. The Balaban J connectivity index is 2.52. The largest absolute Gasteiger partial charge is 0.461 e. The lowest BCUT2D eigenvalue weighted by atomic mass is 10.1. The summed E-state index contributed by atoms with van der Waals surface area (Å²) in [6.45, 7) is 7.81. The molecule has 2 heteroatoms. The van der Waals surface area contributed by atoms with E-state index < -0.39 is 0 Å². The Bertz CT molecular complexity index is 367. The topological polar surface area (TPSA) is 26.3 Å². The normalized spacial score (nSPS) is 9.73. The lowest BCUT2D eigenvalue weighted by Crippen LogP contribution is -2.10. The molecule has 0 fully saturated rings. The summed E-state index contributed by atoms with van der Waals surface area (Å²) in [5, 5.41) is 0. The Morgan fingerprint density at radius 2 is 2.07 bits per heavy atom. The third-order valence-electron chi connectivity index (χ3n) is 2.08. The van der Waals surface area contributed by atoms with Gasteiger partial charge in [0.2, 0.25) is 0 Å². The molecule has 0 spiro atoms. The molecular weight excluding hydrogens is 188 g/mol. The molecule has 0 saturated heterocycles. The minimum atomic E-state index is -0.202. The van der Waals surface area contributed by atoms with Crippen molar-refractivity contribution in [3.63, 3.8) is 0 Å². The number of hydrogen-bond donors (Lipinski definition) is 0. The summed E-state index contributed by atoms with van der Waals surface area (Å²) in [6.07, 6.45) is 0.333. The molecule has 1 rings (SSSR count). The number of aryl methyl sites for hydroxylation is 1. The molecule has 0 aromatic heterocycles. The fourth-order valence-corrected chi connectivity index (χ4v) is 1.22. The van der Waals surface area contributed by atoms with Crippen LogP contribution in [-0.4, -0.2) is 12.6 Å². The Morgan fingerprint density at radius 1 is 1.40 bits per heavy atom. The maximum Gasteiger partial charge on any atom is 0.310 e. The van der Waals surface area contributed by atoms with Gasteiger partial charge in [-0.05, 0) is 30.5 Å². The van der Waals surface area contributed by atoms with Crippen molar-refractivity contribution in [3.8, 4) is 0 Å². The van der Waals surface area contributed by atoms with Crippen molar-refractivity contribution in [2.45, 2.75) is 20.3 Å². The van der Waals surface area contributed by atoms with Crippen LogP contribution in [0.15, 0.2) is 36.4 Å². The molecule has 0 saturated carbocycles. The van der Waals surface area contributed by atoms with E-state index >= 15 is 0 Å². The van der Waals surface area contributed by atoms with Crippen LogP contribution in [0.1, 0.15) is 18.1 Å². The number of benzene rings is 1. The first-order valence-electron chi connectivity index (χ1n) is 4.94. The Hall–Kier alpha value is -1.57. The van der Waals surface area contributed by atoms with Gasteiger partial charge in [-0.1, -0.05) is 30.8 Å². The van der Waals surface area contributed by atoms with Crippen LogP contribution in [0, 0.1) is 6.92 Å². The second-order valence-corrected chi connectivity index (χ2v) is 3.72. The van der Waals surface area contributed by atoms with Crippen LogP contribution >= 0.6 is 0 Å². The molecule has 0 radical (unpaired) electrons. The van der Waals surface area contributed by atoms with Gasteiger partial charge in [0, 0.05) is 0 Å². The minimum absolute atomic E-state index is 0.202. The molecule has 1 aromatic carbocycles. The third kappa shape index (κ3) is 3.98. The van der Waals surface area contributed by atoms with Crippen molar-refractivity contribution in [2.24, 2.45) is 0 Å². The van der Waals surface area contributed by atoms with Gasteiger partial charge in [-0.3, -0.25) is 4.79 Å². The van der Waals surface area contributed by atoms with Gasteiger partial charge in [0.1, 0.15) is 6.61 Å². The zero-order valence-corrected chi connectivity index (χ0v) is 9.25. The number of ether oxygens (including phenoxy) is 1. The predicted octanol–water partition coefficient (Wildman–Crippen LogP) is 2.66. The van der Waals surface area contributed by atoms with Crippen molar-refractivity contribution in [3.05, 3.63) is 47.5 Å². The van der Waals surface area contributed by atoms with E-state index in [9.17, 15) is 4.79 Å². The quantitative estimate of drug-likeness (QED) is 0.556. The zero-order valence-electron chi connectivity index (χ0n) is 9.25. The Kier molecular flexibility index (Phi) is 4.10. The number of carbonyl (C=O) groups excluding carboxylic acids is 1. The monoisotopic (exact) mass is 204 g/mol. The summed E-state index contributed by atoms with van der Waals surface area (Å²) >= 11 is 0. The number of esters is 1. The van der Waals surface area contributed by atoms with Gasteiger partial charge in [-0.2, -0.15) is 0 Å². The van der Waals surface area contributed by atoms with Crippen LogP contribution in [0.5, 0.6) is 0 Å². The summed E-state index contributed by atoms with van der Waals surface area (Å²) in [4.78, 5) is 11.4. The van der Waals surface area contributed by atoms with Crippen LogP contribution in [0.25, 0.3) is 0 Å². The number of hydrogen-bond acceptors (Lipinski definition) is 2. The molecule has 0 heterocycles. The van der Waals surface area contributed by atoms with E-state index in [0.29, 0.717) is 13.0 Å². The predicted molar refractivity (Wildman–Crippen MR) is 60.7 cm³/mol. The molecule has 0 aliphatic rings. The van der Waals surface area contributed by atoms with Gasteiger partial charge in [-0.25, -0.2) is 0 Å². The molecule has 2 nitrogen and oxygen atoms in total. The molecule has 1 aromatic rings. The lowest BCUT2D eigenvalue weighted by molar-refractivity contribution is -0.141. The van der Waals surface area contributed by atoms with E-state index in [-0.39, 0.29) is 5.97 Å². The van der Waals surface area contributed by atoms with E-state index in [1.165, 1.54) is 0 Å². The molecule has 0 bridgehead atoms. The third-order valence-corrected chi connectivity index (χ3v) is 2.08. The highest BCUT2D eigenvalue weighted by Crippen LogP contribution is 2.08. The fourth-order valence-electron chi connectivity index (χ4n) is 1.22. The summed E-state index contributed by atoms with van der Waals surface area (Å²) in [7, 11) is 0. The van der Waals surface area contributed by atoms with E-state index in [1.54, 1.807) is 0 Å². The molecule has 80 valence electrons. The fraction of sp³-hybridized carbons (Fsp3) is 0.308. The van der Waals surface area contributed by atoms with E-state index in [0.717, 1.165) is 16.7 Å². The molecule has 0 aliphatic carbocycles. The van der Waals surface area contributed by atoms with Crippen molar-refractivity contribution < 1.29 is 9.53 Å². The highest BCUT2D eigenvalue weighted by molar-refractivity contribution is 5.73. The minimum Gasteiger partial charge on any atom is -0.461 e.